The van der Waals surface area contributed by atoms with Crippen LogP contribution in [0.2, 0.25) is 0 Å². The van der Waals surface area contributed by atoms with Crippen LogP contribution in [0.5, 0.6) is 0 Å². The van der Waals surface area contributed by atoms with Gasteiger partial charge in [-0.05, 0) is 32.0 Å². The van der Waals surface area contributed by atoms with Gasteiger partial charge in [-0.25, -0.2) is 22.5 Å². The Labute approximate surface area is 145 Å². The molecule has 0 bridgehead atoms. The minimum atomic E-state index is -4.09. The summed E-state index contributed by atoms with van der Waals surface area (Å²) in [6.45, 7) is 6.89. The maximum Gasteiger partial charge on any atom is 0.251 e. The molecule has 0 radical (unpaired) electrons. The molecule has 1 amide bonds. The van der Waals surface area contributed by atoms with Gasteiger partial charge in [0, 0.05) is 12.1 Å². The van der Waals surface area contributed by atoms with Gasteiger partial charge >= 0.3 is 0 Å². The van der Waals surface area contributed by atoms with Crippen LogP contribution in [0, 0.1) is 19.7 Å². The third kappa shape index (κ3) is 4.52. The van der Waals surface area contributed by atoms with Crippen molar-refractivity contribution >= 4 is 15.9 Å². The van der Waals surface area contributed by atoms with Crippen molar-refractivity contribution in [3.63, 3.8) is 0 Å². The number of aryl methyl sites for hydroxylation is 2. The maximum atomic E-state index is 13.9. The molecule has 25 heavy (non-hydrogen) atoms. The Morgan fingerprint density at radius 3 is 2.72 bits per heavy atom. The Kier molecular flexibility index (Phi) is 5.70. The molecule has 0 saturated heterocycles. The second-order valence-corrected chi connectivity index (χ2v) is 6.95. The summed E-state index contributed by atoms with van der Waals surface area (Å²) in [7, 11) is -4.09. The van der Waals surface area contributed by atoms with Crippen LogP contribution in [0.4, 0.5) is 4.39 Å². The van der Waals surface area contributed by atoms with Gasteiger partial charge in [-0.3, -0.25) is 4.79 Å². The molecule has 0 aliphatic rings. The average molecular weight is 367 g/mol. The van der Waals surface area contributed by atoms with Crippen molar-refractivity contribution in [2.24, 2.45) is 0 Å². The topological polar surface area (TPSA) is 101 Å². The number of carbonyl (C=O) groups is 1. The molecule has 2 rings (SSSR count). The largest absolute Gasteiger partial charge is 0.444 e. The van der Waals surface area contributed by atoms with E-state index in [2.05, 4.69) is 21.6 Å². The van der Waals surface area contributed by atoms with E-state index in [0.717, 1.165) is 12.1 Å². The van der Waals surface area contributed by atoms with Crippen LogP contribution in [-0.2, 0) is 16.6 Å². The molecule has 1 aromatic carbocycles. The van der Waals surface area contributed by atoms with Crippen LogP contribution in [0.3, 0.4) is 0 Å². The number of nitrogens with zero attached hydrogens (tertiary/aromatic N) is 1. The van der Waals surface area contributed by atoms with E-state index < -0.39 is 26.6 Å². The van der Waals surface area contributed by atoms with Gasteiger partial charge in [0.2, 0.25) is 15.9 Å². The zero-order chi connectivity index (χ0) is 18.6. The van der Waals surface area contributed by atoms with E-state index in [-0.39, 0.29) is 18.7 Å². The summed E-state index contributed by atoms with van der Waals surface area (Å²) in [5.74, 6) is -0.556. The molecule has 2 aromatic rings. The summed E-state index contributed by atoms with van der Waals surface area (Å²) in [6.07, 6.45) is 1.33. The zero-order valence-electron chi connectivity index (χ0n) is 13.8. The van der Waals surface area contributed by atoms with E-state index in [0.29, 0.717) is 17.3 Å². The molecule has 0 atom stereocenters. The van der Waals surface area contributed by atoms with Gasteiger partial charge in [0.1, 0.15) is 16.5 Å². The zero-order valence-corrected chi connectivity index (χ0v) is 14.6. The Hall–Kier alpha value is -2.52. The number of amides is 1. The summed E-state index contributed by atoms with van der Waals surface area (Å²) >= 11 is 0. The summed E-state index contributed by atoms with van der Waals surface area (Å²) in [4.78, 5) is 15.7. The van der Waals surface area contributed by atoms with Crippen molar-refractivity contribution < 1.29 is 22.0 Å². The summed E-state index contributed by atoms with van der Waals surface area (Å²) < 4.78 is 45.5. The van der Waals surface area contributed by atoms with Gasteiger partial charge in [0.25, 0.3) is 5.91 Å². The highest BCUT2D eigenvalue weighted by Crippen LogP contribution is 2.16. The number of rotatable bonds is 7. The molecule has 0 unspecified atom stereocenters. The van der Waals surface area contributed by atoms with Crippen LogP contribution in [0.15, 0.2) is 40.2 Å². The number of oxazole rings is 1. The van der Waals surface area contributed by atoms with Crippen LogP contribution in [-0.4, -0.2) is 25.9 Å². The fourth-order valence-corrected chi connectivity index (χ4v) is 3.07. The standard InChI is InChI=1S/C16H18FN3O4S/c1-4-7-19-25(22,23)14-8-12(5-6-13(14)17)16(21)18-9-15-20-10(2)11(3)24-15/h4-6,8,19H,1,7,9H2,2-3H3,(H,18,21). The monoisotopic (exact) mass is 367 g/mol. The lowest BCUT2D eigenvalue weighted by atomic mass is 10.2. The number of sulfonamides is 1. The number of hydrogen-bond donors (Lipinski definition) is 2. The van der Waals surface area contributed by atoms with Crippen molar-refractivity contribution in [3.8, 4) is 0 Å². The van der Waals surface area contributed by atoms with Crippen molar-refractivity contribution in [2.45, 2.75) is 25.3 Å². The first-order chi connectivity index (χ1) is 11.7. The third-order valence-electron chi connectivity index (χ3n) is 3.37. The summed E-state index contributed by atoms with van der Waals surface area (Å²) in [5.41, 5.74) is 0.716. The molecule has 0 saturated carbocycles. The quantitative estimate of drug-likeness (QED) is 0.727. The van der Waals surface area contributed by atoms with E-state index in [4.69, 9.17) is 4.42 Å². The lowest BCUT2D eigenvalue weighted by molar-refractivity contribution is 0.0947. The molecule has 0 fully saturated rings. The number of hydrogen-bond acceptors (Lipinski definition) is 5. The number of halogens is 1. The molecular formula is C16H18FN3O4S. The van der Waals surface area contributed by atoms with Gasteiger partial charge in [-0.2, -0.15) is 0 Å². The Morgan fingerprint density at radius 1 is 1.40 bits per heavy atom. The second-order valence-electron chi connectivity index (χ2n) is 5.22. The minimum absolute atomic E-state index is 0.000350. The van der Waals surface area contributed by atoms with E-state index in [9.17, 15) is 17.6 Å². The molecule has 134 valence electrons. The maximum absolute atomic E-state index is 13.9. The lowest BCUT2D eigenvalue weighted by Crippen LogP contribution is -2.26. The SMILES string of the molecule is C=CCNS(=O)(=O)c1cc(C(=O)NCc2nc(C)c(C)o2)ccc1F. The van der Waals surface area contributed by atoms with Crippen LogP contribution >= 0.6 is 0 Å². The van der Waals surface area contributed by atoms with E-state index in [1.54, 1.807) is 13.8 Å². The van der Waals surface area contributed by atoms with Crippen LogP contribution < -0.4 is 10.0 Å². The van der Waals surface area contributed by atoms with Crippen molar-refractivity contribution in [1.82, 2.24) is 15.0 Å². The number of benzene rings is 1. The van der Waals surface area contributed by atoms with Crippen LogP contribution in [0.1, 0.15) is 27.7 Å². The summed E-state index contributed by atoms with van der Waals surface area (Å²) in [5, 5.41) is 2.55. The highest BCUT2D eigenvalue weighted by atomic mass is 32.2. The molecule has 0 aliphatic carbocycles. The predicted octanol–water partition coefficient (Wildman–Crippen LogP) is 1.82. The normalized spacial score (nSPS) is 11.3. The summed E-state index contributed by atoms with van der Waals surface area (Å²) in [6, 6.07) is 3.10. The first-order valence-corrected chi connectivity index (χ1v) is 8.84. The fraction of sp³-hybridized carbons (Fsp3) is 0.250. The van der Waals surface area contributed by atoms with E-state index in [1.165, 1.54) is 12.1 Å². The minimum Gasteiger partial charge on any atom is -0.444 e. The molecule has 9 heteroatoms. The van der Waals surface area contributed by atoms with E-state index in [1.807, 2.05) is 0 Å². The molecule has 0 aliphatic heterocycles. The highest BCUT2D eigenvalue weighted by Gasteiger charge is 2.20. The lowest BCUT2D eigenvalue weighted by Gasteiger charge is -2.08. The number of carbonyl (C=O) groups excluding carboxylic acids is 1. The van der Waals surface area contributed by atoms with Gasteiger partial charge in [0.15, 0.2) is 0 Å². The van der Waals surface area contributed by atoms with Gasteiger partial charge in [-0.1, -0.05) is 6.08 Å². The average Bonchev–Trinajstić information content (AvgIpc) is 2.89. The van der Waals surface area contributed by atoms with Gasteiger partial charge in [-0.15, -0.1) is 6.58 Å². The number of nitrogens with one attached hydrogen (secondary N) is 2. The third-order valence-corrected chi connectivity index (χ3v) is 4.81. The van der Waals surface area contributed by atoms with Crippen molar-refractivity contribution in [2.75, 3.05) is 6.54 Å². The van der Waals surface area contributed by atoms with Gasteiger partial charge in [0.05, 0.1) is 12.2 Å². The van der Waals surface area contributed by atoms with E-state index >= 15 is 0 Å². The first-order valence-electron chi connectivity index (χ1n) is 7.36. The molecule has 7 nitrogen and oxygen atoms in total. The van der Waals surface area contributed by atoms with Crippen molar-refractivity contribution in [3.05, 3.63) is 59.6 Å². The first kappa shape index (κ1) is 18.8. The van der Waals surface area contributed by atoms with Crippen LogP contribution in [0.25, 0.3) is 0 Å². The second kappa shape index (κ2) is 7.58. The molecule has 2 N–H and O–H groups in total. The Bertz CT molecular complexity index is 887. The van der Waals surface area contributed by atoms with Crippen molar-refractivity contribution in [1.29, 1.82) is 0 Å². The smallest absolute Gasteiger partial charge is 0.251 e. The molecule has 1 aromatic heterocycles. The fourth-order valence-electron chi connectivity index (χ4n) is 1.97. The molecule has 1 heterocycles. The molecular weight excluding hydrogens is 349 g/mol. The van der Waals surface area contributed by atoms with Gasteiger partial charge < -0.3 is 9.73 Å². The predicted molar refractivity (Wildman–Crippen MR) is 88.9 cm³/mol. The molecule has 0 spiro atoms. The Morgan fingerprint density at radius 2 is 2.12 bits per heavy atom. The number of aromatic nitrogens is 1. The highest BCUT2D eigenvalue weighted by molar-refractivity contribution is 7.89. The Balaban J connectivity index is 2.17.